The van der Waals surface area contributed by atoms with Crippen LogP contribution in [0, 0.1) is 0 Å². The van der Waals surface area contributed by atoms with Crippen molar-refractivity contribution >= 4 is 0 Å². The molecule has 0 saturated heterocycles. The summed E-state index contributed by atoms with van der Waals surface area (Å²) in [6, 6.07) is 2.79. The quantitative estimate of drug-likeness (QED) is 0.866. The zero-order valence-corrected chi connectivity index (χ0v) is 10.9. The summed E-state index contributed by atoms with van der Waals surface area (Å²) < 4.78 is 3.77. The van der Waals surface area contributed by atoms with Gasteiger partial charge in [0, 0.05) is 25.8 Å². The molecule has 0 bridgehead atoms. The van der Waals surface area contributed by atoms with Crippen LogP contribution in [0.5, 0.6) is 0 Å². The zero-order chi connectivity index (χ0) is 12.5. The standard InChI is InChI=1S/C13H19N5/c1-3-12-13(9-17(2)16-12)18-7-6-11(15-18)8-14-10-4-5-10/h6-7,9-10,14H,3-5,8H2,1-2H3. The van der Waals surface area contributed by atoms with E-state index in [2.05, 4.69) is 28.5 Å². The van der Waals surface area contributed by atoms with Crippen LogP contribution < -0.4 is 5.32 Å². The van der Waals surface area contributed by atoms with Gasteiger partial charge >= 0.3 is 0 Å². The number of nitrogens with zero attached hydrogens (tertiary/aromatic N) is 4. The molecule has 1 N–H and O–H groups in total. The highest BCUT2D eigenvalue weighted by Gasteiger charge is 2.20. The summed E-state index contributed by atoms with van der Waals surface area (Å²) in [7, 11) is 1.95. The van der Waals surface area contributed by atoms with Crippen LogP contribution in [0.3, 0.4) is 0 Å². The SMILES string of the molecule is CCc1nn(C)cc1-n1ccc(CNC2CC2)n1. The number of aromatic nitrogens is 4. The number of rotatable bonds is 5. The lowest BCUT2D eigenvalue weighted by Crippen LogP contribution is -2.15. The highest BCUT2D eigenvalue weighted by atomic mass is 15.3. The molecule has 0 unspecified atom stereocenters. The molecule has 0 amide bonds. The molecule has 96 valence electrons. The lowest BCUT2D eigenvalue weighted by atomic mass is 10.3. The maximum absolute atomic E-state index is 4.60. The minimum Gasteiger partial charge on any atom is -0.308 e. The molecule has 1 aliphatic rings. The first-order valence-electron chi connectivity index (χ1n) is 6.57. The van der Waals surface area contributed by atoms with Gasteiger partial charge in [-0.05, 0) is 25.3 Å². The monoisotopic (exact) mass is 245 g/mol. The Bertz CT molecular complexity index is 535. The van der Waals surface area contributed by atoms with Crippen LogP contribution in [0.2, 0.25) is 0 Å². The van der Waals surface area contributed by atoms with Crippen molar-refractivity contribution in [3.63, 3.8) is 0 Å². The molecular formula is C13H19N5. The Morgan fingerprint density at radius 1 is 1.39 bits per heavy atom. The number of hydrogen-bond donors (Lipinski definition) is 1. The molecule has 3 rings (SSSR count). The molecule has 5 nitrogen and oxygen atoms in total. The molecule has 2 aromatic heterocycles. The Hall–Kier alpha value is -1.62. The van der Waals surface area contributed by atoms with E-state index in [-0.39, 0.29) is 0 Å². The van der Waals surface area contributed by atoms with E-state index in [1.807, 2.05) is 28.8 Å². The molecule has 0 radical (unpaired) electrons. The van der Waals surface area contributed by atoms with E-state index in [0.717, 1.165) is 36.1 Å². The first-order chi connectivity index (χ1) is 8.76. The first-order valence-corrected chi connectivity index (χ1v) is 6.57. The van der Waals surface area contributed by atoms with E-state index in [4.69, 9.17) is 0 Å². The van der Waals surface area contributed by atoms with Gasteiger partial charge < -0.3 is 5.32 Å². The Morgan fingerprint density at radius 3 is 2.94 bits per heavy atom. The summed E-state index contributed by atoms with van der Waals surface area (Å²) >= 11 is 0. The number of hydrogen-bond acceptors (Lipinski definition) is 3. The molecular weight excluding hydrogens is 226 g/mol. The van der Waals surface area contributed by atoms with Gasteiger partial charge in [-0.3, -0.25) is 4.68 Å². The van der Waals surface area contributed by atoms with Crippen molar-refractivity contribution in [2.75, 3.05) is 0 Å². The fourth-order valence-corrected chi connectivity index (χ4v) is 2.09. The van der Waals surface area contributed by atoms with Crippen LogP contribution in [0.1, 0.15) is 31.2 Å². The molecule has 1 saturated carbocycles. The summed E-state index contributed by atoms with van der Waals surface area (Å²) in [5.41, 5.74) is 3.26. The second-order valence-corrected chi connectivity index (χ2v) is 4.90. The van der Waals surface area contributed by atoms with Gasteiger partial charge in [0.2, 0.25) is 0 Å². The second kappa shape index (κ2) is 4.57. The largest absolute Gasteiger partial charge is 0.308 e. The minimum absolute atomic E-state index is 0.722. The summed E-state index contributed by atoms with van der Waals surface area (Å²) in [6.07, 6.45) is 7.57. The van der Waals surface area contributed by atoms with Crippen molar-refractivity contribution in [3.05, 3.63) is 29.8 Å². The van der Waals surface area contributed by atoms with Crippen molar-refractivity contribution in [2.24, 2.45) is 7.05 Å². The van der Waals surface area contributed by atoms with E-state index in [0.29, 0.717) is 0 Å². The maximum Gasteiger partial charge on any atom is 0.106 e. The Kier molecular flexibility index (Phi) is 2.91. The highest BCUT2D eigenvalue weighted by molar-refractivity contribution is 5.34. The van der Waals surface area contributed by atoms with Gasteiger partial charge in [-0.25, -0.2) is 4.68 Å². The van der Waals surface area contributed by atoms with E-state index < -0.39 is 0 Å². The fraction of sp³-hybridized carbons (Fsp3) is 0.538. The summed E-state index contributed by atoms with van der Waals surface area (Å²) in [5, 5.41) is 12.5. The normalized spacial score (nSPS) is 15.2. The van der Waals surface area contributed by atoms with Crippen molar-refractivity contribution < 1.29 is 0 Å². The Labute approximate surface area is 107 Å². The number of nitrogens with one attached hydrogen (secondary N) is 1. The van der Waals surface area contributed by atoms with E-state index >= 15 is 0 Å². The predicted octanol–water partition coefficient (Wildman–Crippen LogP) is 1.42. The summed E-state index contributed by atoms with van der Waals surface area (Å²) in [6.45, 7) is 2.98. The molecule has 1 fully saturated rings. The van der Waals surface area contributed by atoms with Crippen LogP contribution in [-0.2, 0) is 20.0 Å². The average Bonchev–Trinajstić information content (AvgIpc) is 2.94. The molecule has 0 spiro atoms. The predicted molar refractivity (Wildman–Crippen MR) is 69.6 cm³/mol. The van der Waals surface area contributed by atoms with E-state index in [1.165, 1.54) is 12.8 Å². The fourth-order valence-electron chi connectivity index (χ4n) is 2.09. The topological polar surface area (TPSA) is 47.7 Å². The second-order valence-electron chi connectivity index (χ2n) is 4.90. The first kappa shape index (κ1) is 11.5. The number of aryl methyl sites for hydroxylation is 2. The Balaban J connectivity index is 1.78. The third kappa shape index (κ3) is 2.31. The van der Waals surface area contributed by atoms with Crippen LogP contribution in [-0.4, -0.2) is 25.6 Å². The molecule has 5 heteroatoms. The van der Waals surface area contributed by atoms with Crippen molar-refractivity contribution in [3.8, 4) is 5.69 Å². The molecule has 18 heavy (non-hydrogen) atoms. The average molecular weight is 245 g/mol. The molecule has 0 atom stereocenters. The highest BCUT2D eigenvalue weighted by Crippen LogP contribution is 2.19. The summed E-state index contributed by atoms with van der Waals surface area (Å²) in [5.74, 6) is 0. The minimum atomic E-state index is 0.722. The summed E-state index contributed by atoms with van der Waals surface area (Å²) in [4.78, 5) is 0. The molecule has 2 aromatic rings. The lowest BCUT2D eigenvalue weighted by Gasteiger charge is -2.00. The molecule has 2 heterocycles. The molecule has 0 aromatic carbocycles. The van der Waals surface area contributed by atoms with Gasteiger partial charge in [0.05, 0.1) is 17.6 Å². The van der Waals surface area contributed by atoms with E-state index in [9.17, 15) is 0 Å². The molecule has 0 aliphatic heterocycles. The van der Waals surface area contributed by atoms with Gasteiger partial charge in [-0.15, -0.1) is 0 Å². The van der Waals surface area contributed by atoms with Crippen molar-refractivity contribution in [1.29, 1.82) is 0 Å². The van der Waals surface area contributed by atoms with Gasteiger partial charge in [0.25, 0.3) is 0 Å². The van der Waals surface area contributed by atoms with Crippen LogP contribution >= 0.6 is 0 Å². The third-order valence-electron chi connectivity index (χ3n) is 3.26. The molecule has 1 aliphatic carbocycles. The Morgan fingerprint density at radius 2 is 2.22 bits per heavy atom. The van der Waals surface area contributed by atoms with Crippen LogP contribution in [0.15, 0.2) is 18.5 Å². The van der Waals surface area contributed by atoms with Crippen LogP contribution in [0.25, 0.3) is 5.69 Å². The third-order valence-corrected chi connectivity index (χ3v) is 3.26. The zero-order valence-electron chi connectivity index (χ0n) is 10.9. The van der Waals surface area contributed by atoms with Gasteiger partial charge in [-0.1, -0.05) is 6.92 Å². The van der Waals surface area contributed by atoms with Gasteiger partial charge in [-0.2, -0.15) is 10.2 Å². The van der Waals surface area contributed by atoms with Crippen molar-refractivity contribution in [1.82, 2.24) is 24.9 Å². The van der Waals surface area contributed by atoms with Gasteiger partial charge in [0.1, 0.15) is 5.69 Å². The van der Waals surface area contributed by atoms with Crippen molar-refractivity contribution in [2.45, 2.75) is 38.8 Å². The lowest BCUT2D eigenvalue weighted by molar-refractivity contribution is 0.664. The van der Waals surface area contributed by atoms with Gasteiger partial charge in [0.15, 0.2) is 0 Å². The van der Waals surface area contributed by atoms with E-state index in [1.54, 1.807) is 0 Å². The maximum atomic E-state index is 4.60. The smallest absolute Gasteiger partial charge is 0.106 e. The van der Waals surface area contributed by atoms with Crippen LogP contribution in [0.4, 0.5) is 0 Å².